The number of piperazine rings is 1. The van der Waals surface area contributed by atoms with Gasteiger partial charge in [0.1, 0.15) is 5.82 Å². The first-order valence-corrected chi connectivity index (χ1v) is 10.00. The molecule has 2 atom stereocenters. The molecule has 0 bridgehead atoms. The minimum absolute atomic E-state index is 0.0687. The van der Waals surface area contributed by atoms with Crippen LogP contribution >= 0.6 is 0 Å². The van der Waals surface area contributed by atoms with Gasteiger partial charge < -0.3 is 14.7 Å². The summed E-state index contributed by atoms with van der Waals surface area (Å²) in [5, 5.41) is 0. The Kier molecular flexibility index (Phi) is 5.28. The predicted molar refractivity (Wildman–Crippen MR) is 109 cm³/mol. The first kappa shape index (κ1) is 18.5. The van der Waals surface area contributed by atoms with E-state index in [2.05, 4.69) is 9.88 Å². The molecule has 2 fully saturated rings. The number of pyridine rings is 1. The van der Waals surface area contributed by atoms with Crippen LogP contribution in [0.4, 0.5) is 11.5 Å². The minimum Gasteiger partial charge on any atom is -0.353 e. The molecule has 2 aromatic rings. The molecule has 1 saturated heterocycles. The number of carbonyl (C=O) groups is 2. The quantitative estimate of drug-likeness (QED) is 0.802. The summed E-state index contributed by atoms with van der Waals surface area (Å²) in [5.41, 5.74) is 0.900. The molecule has 0 spiro atoms. The molecule has 2 aliphatic rings. The molecule has 2 unspecified atom stereocenters. The lowest BCUT2D eigenvalue weighted by molar-refractivity contribution is -0.134. The van der Waals surface area contributed by atoms with E-state index in [1.807, 2.05) is 60.4 Å². The van der Waals surface area contributed by atoms with Crippen LogP contribution in [-0.4, -0.2) is 54.4 Å². The minimum atomic E-state index is -0.179. The molecule has 2 amide bonds. The van der Waals surface area contributed by atoms with E-state index in [4.69, 9.17) is 0 Å². The molecule has 1 saturated carbocycles. The Morgan fingerprint density at radius 3 is 2.36 bits per heavy atom. The van der Waals surface area contributed by atoms with Crippen molar-refractivity contribution in [3.63, 3.8) is 0 Å². The molecule has 1 aliphatic heterocycles. The Hall–Kier alpha value is -2.89. The fourth-order valence-electron chi connectivity index (χ4n) is 3.95. The SMILES string of the molecule is CCN(C(=O)C1CC1C(=O)N1CCN(c2ccccn2)CC1)c1ccccc1. The van der Waals surface area contributed by atoms with Gasteiger partial charge in [0.05, 0.1) is 11.8 Å². The number of rotatable bonds is 5. The number of benzene rings is 1. The summed E-state index contributed by atoms with van der Waals surface area (Å²) in [6.45, 7) is 5.51. The van der Waals surface area contributed by atoms with Gasteiger partial charge in [-0.1, -0.05) is 24.3 Å². The van der Waals surface area contributed by atoms with Gasteiger partial charge in [0.15, 0.2) is 0 Å². The summed E-state index contributed by atoms with van der Waals surface area (Å²) in [5.74, 6) is 0.811. The van der Waals surface area contributed by atoms with Crippen molar-refractivity contribution in [1.29, 1.82) is 0 Å². The van der Waals surface area contributed by atoms with E-state index < -0.39 is 0 Å². The van der Waals surface area contributed by atoms with Crippen molar-refractivity contribution in [3.05, 3.63) is 54.7 Å². The molecule has 4 rings (SSSR count). The predicted octanol–water partition coefficient (Wildman–Crippen LogP) is 2.42. The zero-order valence-corrected chi connectivity index (χ0v) is 16.2. The second-order valence-electron chi connectivity index (χ2n) is 7.37. The molecule has 6 heteroatoms. The molecule has 0 radical (unpaired) electrons. The fourth-order valence-corrected chi connectivity index (χ4v) is 3.95. The monoisotopic (exact) mass is 378 g/mol. The first-order valence-electron chi connectivity index (χ1n) is 10.00. The summed E-state index contributed by atoms with van der Waals surface area (Å²) in [6.07, 6.45) is 2.46. The molecular weight excluding hydrogens is 352 g/mol. The van der Waals surface area contributed by atoms with Crippen LogP contribution in [0.2, 0.25) is 0 Å². The number of carbonyl (C=O) groups excluding carboxylic acids is 2. The Balaban J connectivity index is 1.33. The summed E-state index contributed by atoms with van der Waals surface area (Å²) in [4.78, 5) is 36.1. The largest absolute Gasteiger partial charge is 0.353 e. The third-order valence-electron chi connectivity index (χ3n) is 5.64. The van der Waals surface area contributed by atoms with Crippen LogP contribution in [0, 0.1) is 11.8 Å². The molecular formula is C22H26N4O2. The first-order chi connectivity index (χ1) is 13.7. The van der Waals surface area contributed by atoms with E-state index in [0.29, 0.717) is 26.1 Å². The highest BCUT2D eigenvalue weighted by molar-refractivity contribution is 6.01. The maximum Gasteiger partial charge on any atom is 0.230 e. The van der Waals surface area contributed by atoms with Gasteiger partial charge in [-0.05, 0) is 37.6 Å². The topological polar surface area (TPSA) is 56.8 Å². The van der Waals surface area contributed by atoms with Crippen LogP contribution in [0.25, 0.3) is 0 Å². The normalized spacial score (nSPS) is 21.3. The van der Waals surface area contributed by atoms with Crippen LogP contribution in [-0.2, 0) is 9.59 Å². The molecule has 2 heterocycles. The Morgan fingerprint density at radius 1 is 1.00 bits per heavy atom. The lowest BCUT2D eigenvalue weighted by atomic mass is 10.2. The van der Waals surface area contributed by atoms with Crippen molar-refractivity contribution >= 4 is 23.3 Å². The van der Waals surface area contributed by atoms with E-state index in [1.165, 1.54) is 0 Å². The van der Waals surface area contributed by atoms with Crippen LogP contribution in [0.3, 0.4) is 0 Å². The van der Waals surface area contributed by atoms with Gasteiger partial charge in [-0.25, -0.2) is 4.98 Å². The number of anilines is 2. The molecule has 28 heavy (non-hydrogen) atoms. The second-order valence-corrected chi connectivity index (χ2v) is 7.37. The Morgan fingerprint density at radius 2 is 1.71 bits per heavy atom. The average molecular weight is 378 g/mol. The molecule has 1 aliphatic carbocycles. The zero-order chi connectivity index (χ0) is 19.5. The second kappa shape index (κ2) is 8.00. The van der Waals surface area contributed by atoms with E-state index in [1.54, 1.807) is 11.1 Å². The van der Waals surface area contributed by atoms with Crippen molar-refractivity contribution in [2.24, 2.45) is 11.8 Å². The highest BCUT2D eigenvalue weighted by atomic mass is 16.2. The van der Waals surface area contributed by atoms with Crippen LogP contribution in [0.15, 0.2) is 54.7 Å². The maximum atomic E-state index is 12.9. The summed E-state index contributed by atoms with van der Waals surface area (Å²) in [6, 6.07) is 15.6. The van der Waals surface area contributed by atoms with E-state index >= 15 is 0 Å². The lowest BCUT2D eigenvalue weighted by Gasteiger charge is -2.35. The molecule has 1 aromatic heterocycles. The highest BCUT2D eigenvalue weighted by Crippen LogP contribution is 2.42. The molecule has 0 N–H and O–H groups in total. The zero-order valence-electron chi connectivity index (χ0n) is 16.2. The molecule has 6 nitrogen and oxygen atoms in total. The third-order valence-corrected chi connectivity index (χ3v) is 5.64. The van der Waals surface area contributed by atoms with Gasteiger partial charge in [0.2, 0.25) is 11.8 Å². The molecule has 146 valence electrons. The lowest BCUT2D eigenvalue weighted by Crippen LogP contribution is -2.49. The van der Waals surface area contributed by atoms with Crippen LogP contribution in [0.1, 0.15) is 13.3 Å². The number of nitrogens with zero attached hydrogens (tertiary/aromatic N) is 4. The smallest absolute Gasteiger partial charge is 0.230 e. The van der Waals surface area contributed by atoms with Crippen molar-refractivity contribution < 1.29 is 9.59 Å². The summed E-state index contributed by atoms with van der Waals surface area (Å²) < 4.78 is 0. The Bertz CT molecular complexity index is 819. The van der Waals surface area contributed by atoms with E-state index in [-0.39, 0.29) is 23.7 Å². The standard InChI is InChI=1S/C22H26N4O2/c1-2-26(17-8-4-3-5-9-17)22(28)19-16-18(19)21(27)25-14-12-24(13-15-25)20-10-6-7-11-23-20/h3-11,18-19H,2,12-16H2,1H3. The Labute approximate surface area is 165 Å². The number of aromatic nitrogens is 1. The number of para-hydroxylation sites is 1. The maximum absolute atomic E-state index is 12.9. The number of hydrogen-bond donors (Lipinski definition) is 0. The number of amides is 2. The summed E-state index contributed by atoms with van der Waals surface area (Å²) >= 11 is 0. The van der Waals surface area contributed by atoms with Gasteiger partial charge in [-0.2, -0.15) is 0 Å². The van der Waals surface area contributed by atoms with Gasteiger partial charge in [-0.3, -0.25) is 9.59 Å². The average Bonchev–Trinajstić information content (AvgIpc) is 3.56. The third kappa shape index (κ3) is 3.72. The van der Waals surface area contributed by atoms with Crippen molar-refractivity contribution in [2.75, 3.05) is 42.5 Å². The number of hydrogen-bond acceptors (Lipinski definition) is 4. The van der Waals surface area contributed by atoms with Crippen molar-refractivity contribution in [3.8, 4) is 0 Å². The van der Waals surface area contributed by atoms with Gasteiger partial charge in [0, 0.05) is 44.6 Å². The van der Waals surface area contributed by atoms with Crippen LogP contribution in [0.5, 0.6) is 0 Å². The van der Waals surface area contributed by atoms with Gasteiger partial charge in [0.25, 0.3) is 0 Å². The summed E-state index contributed by atoms with van der Waals surface area (Å²) in [7, 11) is 0. The van der Waals surface area contributed by atoms with E-state index in [9.17, 15) is 9.59 Å². The van der Waals surface area contributed by atoms with Crippen molar-refractivity contribution in [2.45, 2.75) is 13.3 Å². The fraction of sp³-hybridized carbons (Fsp3) is 0.409. The van der Waals surface area contributed by atoms with Crippen LogP contribution < -0.4 is 9.80 Å². The van der Waals surface area contributed by atoms with Crippen molar-refractivity contribution in [1.82, 2.24) is 9.88 Å². The highest BCUT2D eigenvalue weighted by Gasteiger charge is 2.51. The van der Waals surface area contributed by atoms with E-state index in [0.717, 1.165) is 24.6 Å². The van der Waals surface area contributed by atoms with Gasteiger partial charge >= 0.3 is 0 Å². The van der Waals surface area contributed by atoms with Gasteiger partial charge in [-0.15, -0.1) is 0 Å². The molecule has 1 aromatic carbocycles.